The van der Waals surface area contributed by atoms with Crippen molar-refractivity contribution in [3.8, 4) is 0 Å². The molecule has 0 amide bonds. The third-order valence-electron chi connectivity index (χ3n) is 6.26. The van der Waals surface area contributed by atoms with E-state index in [9.17, 15) is 4.79 Å². The van der Waals surface area contributed by atoms with Crippen molar-refractivity contribution in [1.82, 2.24) is 0 Å². The molecule has 0 spiro atoms. The topological polar surface area (TPSA) is 17.1 Å². The van der Waals surface area contributed by atoms with E-state index in [4.69, 9.17) is 0 Å². The Morgan fingerprint density at radius 3 is 2.25 bits per heavy atom. The molecule has 2 aliphatic carbocycles. The Labute approximate surface area is 127 Å². The summed E-state index contributed by atoms with van der Waals surface area (Å²) in [6, 6.07) is 0. The summed E-state index contributed by atoms with van der Waals surface area (Å²) in [5, 5.41) is 0. The van der Waals surface area contributed by atoms with E-state index >= 15 is 0 Å². The Balaban J connectivity index is 1.64. The summed E-state index contributed by atoms with van der Waals surface area (Å²) in [6.07, 6.45) is 12.2. The number of Topliss-reactive ketones (excluding diaryl/α,β-unsaturated/α-hetero) is 1. The van der Waals surface area contributed by atoms with Crippen LogP contribution in [0.25, 0.3) is 0 Å². The van der Waals surface area contributed by atoms with Gasteiger partial charge < -0.3 is 0 Å². The minimum Gasteiger partial charge on any atom is -0.293 e. The van der Waals surface area contributed by atoms with Crippen LogP contribution in [-0.2, 0) is 15.7 Å². The lowest BCUT2D eigenvalue weighted by Crippen LogP contribution is -2.47. The first kappa shape index (κ1) is 14.9. The van der Waals surface area contributed by atoms with Crippen LogP contribution >= 0.6 is 0 Å². The first-order chi connectivity index (χ1) is 9.59. The summed E-state index contributed by atoms with van der Waals surface area (Å²) < 4.78 is -0.0251. The van der Waals surface area contributed by atoms with Gasteiger partial charge in [0.15, 0.2) is 10.5 Å². The van der Waals surface area contributed by atoms with Crippen molar-refractivity contribution in [3.05, 3.63) is 0 Å². The molecular weight excluding hydrogens is 264 g/mol. The van der Waals surface area contributed by atoms with E-state index in [1.54, 1.807) is 0 Å². The second kappa shape index (κ2) is 6.02. The van der Waals surface area contributed by atoms with Gasteiger partial charge in [-0.25, -0.2) is 0 Å². The number of rotatable bonds is 3. The van der Waals surface area contributed by atoms with E-state index in [0.717, 1.165) is 11.8 Å². The fourth-order valence-corrected chi connectivity index (χ4v) is 7.69. The maximum absolute atomic E-state index is 13.1. The van der Waals surface area contributed by atoms with Crippen LogP contribution in [0.3, 0.4) is 0 Å². The third kappa shape index (κ3) is 2.82. The van der Waals surface area contributed by atoms with Crippen molar-refractivity contribution < 1.29 is 4.79 Å². The number of carbonyl (C=O) groups excluding carboxylic acids is 1. The van der Waals surface area contributed by atoms with Crippen LogP contribution in [0.15, 0.2) is 0 Å². The van der Waals surface area contributed by atoms with Gasteiger partial charge in [-0.1, -0.05) is 25.7 Å². The van der Waals surface area contributed by atoms with Gasteiger partial charge in [-0.05, 0) is 57.8 Å². The third-order valence-corrected chi connectivity index (χ3v) is 9.46. The Bertz CT molecular complexity index is 356. The van der Waals surface area contributed by atoms with Crippen molar-refractivity contribution in [2.75, 3.05) is 11.5 Å². The molecule has 3 atom stereocenters. The lowest BCUT2D eigenvalue weighted by molar-refractivity contribution is -0.126. The molecule has 0 radical (unpaired) electrons. The van der Waals surface area contributed by atoms with E-state index < -0.39 is 0 Å². The van der Waals surface area contributed by atoms with Gasteiger partial charge in [-0.3, -0.25) is 4.79 Å². The number of fused-ring (bicyclic) bond motifs is 1. The van der Waals surface area contributed by atoms with Gasteiger partial charge in [0.1, 0.15) is 11.5 Å². The van der Waals surface area contributed by atoms with Crippen LogP contribution in [0.1, 0.15) is 71.6 Å². The normalized spacial score (nSPS) is 35.8. The fourth-order valence-electron chi connectivity index (χ4n) is 4.91. The highest BCUT2D eigenvalue weighted by Gasteiger charge is 2.50. The molecule has 0 aromatic carbocycles. The zero-order chi connectivity index (χ0) is 14.2. The van der Waals surface area contributed by atoms with Gasteiger partial charge in [-0.15, -0.1) is 0 Å². The number of carbonyl (C=O) groups is 1. The van der Waals surface area contributed by atoms with Gasteiger partial charge in [0.05, 0.1) is 0 Å². The second-order valence-corrected chi connectivity index (χ2v) is 10.6. The molecule has 2 saturated carbocycles. The summed E-state index contributed by atoms with van der Waals surface area (Å²) in [5.41, 5.74) is 0. The van der Waals surface area contributed by atoms with Crippen LogP contribution in [0.5, 0.6) is 0 Å². The molecule has 0 aromatic heterocycles. The zero-order valence-corrected chi connectivity index (χ0v) is 14.1. The van der Waals surface area contributed by atoms with E-state index in [1.807, 2.05) is 0 Å². The van der Waals surface area contributed by atoms with Crippen LogP contribution in [0.4, 0.5) is 0 Å². The maximum Gasteiger partial charge on any atom is 0.190 e. The van der Waals surface area contributed by atoms with E-state index in [0.29, 0.717) is 22.6 Å². The highest BCUT2D eigenvalue weighted by atomic mass is 32.2. The molecule has 0 N–H and O–H groups in total. The van der Waals surface area contributed by atoms with Gasteiger partial charge in [0.2, 0.25) is 0 Å². The smallest absolute Gasteiger partial charge is 0.190 e. The van der Waals surface area contributed by atoms with Crippen LogP contribution in [-0.4, -0.2) is 22.0 Å². The predicted octanol–water partition coefficient (Wildman–Crippen LogP) is 4.35. The molecule has 114 valence electrons. The Morgan fingerprint density at radius 1 is 0.900 bits per heavy atom. The zero-order valence-electron chi connectivity index (χ0n) is 13.3. The summed E-state index contributed by atoms with van der Waals surface area (Å²) in [7, 11) is 0.371. The predicted molar refractivity (Wildman–Crippen MR) is 88.2 cm³/mol. The maximum atomic E-state index is 13.1. The minimum absolute atomic E-state index is 0.0251. The van der Waals surface area contributed by atoms with Crippen molar-refractivity contribution in [1.29, 1.82) is 0 Å². The number of hydrogen-bond acceptors (Lipinski definition) is 1. The van der Waals surface area contributed by atoms with Crippen molar-refractivity contribution in [2.24, 2.45) is 17.8 Å². The molecule has 1 aliphatic heterocycles. The average molecular weight is 296 g/mol. The lowest BCUT2D eigenvalue weighted by atomic mass is 9.66. The molecule has 1 saturated heterocycles. The minimum atomic E-state index is -0.0251. The molecule has 3 aliphatic rings. The standard InChI is InChI=1S/C18H31OS/c1-18(2,20-11-5-6-12-20)17(19)16-10-9-14-7-3-4-8-15(14)13-16/h14-16H,3-13H2,1-2H3/q+1. The lowest BCUT2D eigenvalue weighted by Gasteiger charge is -2.40. The van der Waals surface area contributed by atoms with Gasteiger partial charge >= 0.3 is 0 Å². The Hall–Kier alpha value is 0.0200. The molecule has 3 fully saturated rings. The largest absolute Gasteiger partial charge is 0.293 e. The van der Waals surface area contributed by atoms with Crippen molar-refractivity contribution in [3.63, 3.8) is 0 Å². The summed E-state index contributed by atoms with van der Waals surface area (Å²) in [4.78, 5) is 13.1. The number of ketones is 1. The van der Waals surface area contributed by atoms with Crippen LogP contribution < -0.4 is 0 Å². The molecule has 20 heavy (non-hydrogen) atoms. The first-order valence-corrected chi connectivity index (χ1v) is 10.4. The Kier molecular flexibility index (Phi) is 4.50. The second-order valence-electron chi connectivity index (χ2n) is 7.80. The van der Waals surface area contributed by atoms with Crippen LogP contribution in [0, 0.1) is 17.8 Å². The highest BCUT2D eigenvalue weighted by molar-refractivity contribution is 7.99. The quantitative estimate of drug-likeness (QED) is 0.707. The first-order valence-electron chi connectivity index (χ1n) is 8.81. The summed E-state index contributed by atoms with van der Waals surface area (Å²) in [6.45, 7) is 4.52. The Morgan fingerprint density at radius 2 is 1.55 bits per heavy atom. The van der Waals surface area contributed by atoms with E-state index in [2.05, 4.69) is 13.8 Å². The van der Waals surface area contributed by atoms with E-state index in [-0.39, 0.29) is 4.75 Å². The molecule has 2 heteroatoms. The average Bonchev–Trinajstić information content (AvgIpc) is 3.01. The van der Waals surface area contributed by atoms with Crippen LogP contribution in [0.2, 0.25) is 0 Å². The fraction of sp³-hybridized carbons (Fsp3) is 0.944. The SMILES string of the molecule is CC(C)(C(=O)C1CCC2CCCCC2C1)[S+]1CCCC1. The van der Waals surface area contributed by atoms with Crippen molar-refractivity contribution >= 4 is 16.7 Å². The molecule has 1 nitrogen and oxygen atoms in total. The van der Waals surface area contributed by atoms with Gasteiger partial charge in [0.25, 0.3) is 0 Å². The molecular formula is C18H31OS+. The summed E-state index contributed by atoms with van der Waals surface area (Å²) in [5.74, 6) is 5.51. The molecule has 0 bridgehead atoms. The summed E-state index contributed by atoms with van der Waals surface area (Å²) >= 11 is 0. The van der Waals surface area contributed by atoms with Gasteiger partial charge in [-0.2, -0.15) is 0 Å². The molecule has 3 rings (SSSR count). The van der Waals surface area contributed by atoms with E-state index in [1.165, 1.54) is 69.3 Å². The molecule has 0 aromatic rings. The van der Waals surface area contributed by atoms with Crippen molar-refractivity contribution in [2.45, 2.75) is 76.4 Å². The monoisotopic (exact) mass is 295 g/mol. The molecule has 1 heterocycles. The van der Waals surface area contributed by atoms with Gasteiger partial charge in [0, 0.05) is 16.8 Å². The molecule has 3 unspecified atom stereocenters. The number of hydrogen-bond donors (Lipinski definition) is 0. The highest BCUT2D eigenvalue weighted by Crippen LogP contribution is 2.44.